The summed E-state index contributed by atoms with van der Waals surface area (Å²) in [6, 6.07) is 8.14. The van der Waals surface area contributed by atoms with Crippen molar-refractivity contribution in [3.8, 4) is 11.5 Å². The number of ether oxygens (including phenoxy) is 2. The molecule has 0 amide bonds. The fraction of sp³-hybridized carbons (Fsp3) is 0.350. The number of hydrogen-bond donors (Lipinski definition) is 1. The summed E-state index contributed by atoms with van der Waals surface area (Å²) in [6.07, 6.45) is 0.982. The van der Waals surface area contributed by atoms with Crippen LogP contribution in [0.25, 0.3) is 0 Å². The third-order valence-electron chi connectivity index (χ3n) is 4.32. The van der Waals surface area contributed by atoms with Gasteiger partial charge in [-0.05, 0) is 69.2 Å². The van der Waals surface area contributed by atoms with Crippen LogP contribution in [0.2, 0.25) is 5.02 Å². The lowest BCUT2D eigenvalue weighted by molar-refractivity contribution is 0.282. The summed E-state index contributed by atoms with van der Waals surface area (Å²) in [6.45, 7) is 1.75. The lowest BCUT2D eigenvalue weighted by atomic mass is 10.2. The van der Waals surface area contributed by atoms with Gasteiger partial charge in [0.1, 0.15) is 12.4 Å². The summed E-state index contributed by atoms with van der Waals surface area (Å²) < 4.78 is 27.1. The van der Waals surface area contributed by atoms with Crippen molar-refractivity contribution in [1.82, 2.24) is 25.5 Å². The fourth-order valence-electron chi connectivity index (χ4n) is 2.74. The van der Waals surface area contributed by atoms with Gasteiger partial charge in [-0.2, -0.15) is 0 Å². The molecule has 0 bridgehead atoms. The van der Waals surface area contributed by atoms with E-state index in [1.807, 2.05) is 19.2 Å². The Morgan fingerprint density at radius 2 is 2.13 bits per heavy atom. The van der Waals surface area contributed by atoms with E-state index in [1.165, 1.54) is 12.1 Å². The Bertz CT molecular complexity index is 1020. The third-order valence-corrected chi connectivity index (χ3v) is 6.35. The van der Waals surface area contributed by atoms with Crippen molar-refractivity contribution in [2.24, 2.45) is 7.05 Å². The zero-order valence-corrected chi connectivity index (χ0v) is 20.2. The molecule has 0 aliphatic rings. The quantitative estimate of drug-likeness (QED) is 0.286. The number of aromatic nitrogens is 4. The van der Waals surface area contributed by atoms with Gasteiger partial charge >= 0.3 is 0 Å². The standard InChI is InChI=1S/C20H22BrClFN5O2S/c1-28-20(25-26-27-28)31-7-3-6-24-11-13-8-16(21)19(18(9-13)29-2)30-12-14-4-5-15(23)10-17(14)22/h4-5,8-10,24H,3,6-7,11-12H2,1-2H3. The van der Waals surface area contributed by atoms with Gasteiger partial charge in [0, 0.05) is 24.9 Å². The van der Waals surface area contributed by atoms with Gasteiger partial charge in [0.15, 0.2) is 11.5 Å². The minimum absolute atomic E-state index is 0.199. The largest absolute Gasteiger partial charge is 0.493 e. The van der Waals surface area contributed by atoms with E-state index in [0.29, 0.717) is 28.6 Å². The SMILES string of the molecule is COc1cc(CNCCCSc2nnnn2C)cc(Br)c1OCc1ccc(F)cc1Cl. The molecular formula is C20H22BrClFN5O2S. The van der Waals surface area contributed by atoms with Crippen LogP contribution in [0, 0.1) is 5.82 Å². The molecule has 2 aromatic carbocycles. The maximum atomic E-state index is 13.2. The van der Waals surface area contributed by atoms with Crippen LogP contribution >= 0.6 is 39.3 Å². The Labute approximate surface area is 197 Å². The first-order chi connectivity index (χ1) is 15.0. The normalized spacial score (nSPS) is 11.0. The first-order valence-electron chi connectivity index (χ1n) is 9.47. The van der Waals surface area contributed by atoms with Gasteiger partial charge in [0.05, 0.1) is 16.6 Å². The van der Waals surface area contributed by atoms with Gasteiger partial charge < -0.3 is 14.8 Å². The number of hydrogen-bond acceptors (Lipinski definition) is 7. The molecule has 11 heteroatoms. The van der Waals surface area contributed by atoms with Crippen molar-refractivity contribution in [3.05, 3.63) is 56.8 Å². The molecule has 0 aliphatic carbocycles. The molecular weight excluding hydrogens is 509 g/mol. The highest BCUT2D eigenvalue weighted by molar-refractivity contribution is 9.10. The highest BCUT2D eigenvalue weighted by Crippen LogP contribution is 2.37. The number of tetrazole rings is 1. The van der Waals surface area contributed by atoms with Gasteiger partial charge in [0.25, 0.3) is 0 Å². The molecule has 3 rings (SSSR count). The van der Waals surface area contributed by atoms with Gasteiger partial charge in [-0.25, -0.2) is 9.07 Å². The van der Waals surface area contributed by atoms with Crippen molar-refractivity contribution < 1.29 is 13.9 Å². The molecule has 0 saturated heterocycles. The Morgan fingerprint density at radius 1 is 1.29 bits per heavy atom. The molecule has 0 fully saturated rings. The van der Waals surface area contributed by atoms with Crippen LogP contribution in [0.3, 0.4) is 0 Å². The molecule has 0 spiro atoms. The van der Waals surface area contributed by atoms with E-state index in [1.54, 1.807) is 29.6 Å². The highest BCUT2D eigenvalue weighted by Gasteiger charge is 2.13. The predicted octanol–water partition coefficient (Wildman–Crippen LogP) is 4.62. The van der Waals surface area contributed by atoms with Crippen LogP contribution in [0.15, 0.2) is 40.0 Å². The molecule has 7 nitrogen and oxygen atoms in total. The Kier molecular flexibility index (Phi) is 8.94. The third kappa shape index (κ3) is 6.80. The average Bonchev–Trinajstić information content (AvgIpc) is 3.15. The number of rotatable bonds is 11. The van der Waals surface area contributed by atoms with E-state index >= 15 is 0 Å². The van der Waals surface area contributed by atoms with Gasteiger partial charge in [0.2, 0.25) is 5.16 Å². The van der Waals surface area contributed by atoms with Crippen molar-refractivity contribution >= 4 is 39.3 Å². The van der Waals surface area contributed by atoms with E-state index < -0.39 is 0 Å². The first-order valence-corrected chi connectivity index (χ1v) is 11.6. The van der Waals surface area contributed by atoms with Crippen molar-refractivity contribution in [1.29, 1.82) is 0 Å². The number of benzene rings is 2. The molecule has 0 saturated carbocycles. The Hall–Kier alpha value is -1.88. The summed E-state index contributed by atoms with van der Waals surface area (Å²) in [5.74, 6) is 1.72. The summed E-state index contributed by atoms with van der Waals surface area (Å²) in [5.41, 5.74) is 1.75. The minimum Gasteiger partial charge on any atom is -0.493 e. The van der Waals surface area contributed by atoms with Crippen LogP contribution in [0.5, 0.6) is 11.5 Å². The summed E-state index contributed by atoms with van der Waals surface area (Å²) in [4.78, 5) is 0. The zero-order valence-electron chi connectivity index (χ0n) is 17.1. The molecule has 1 aromatic heterocycles. The fourth-order valence-corrected chi connectivity index (χ4v) is 4.36. The predicted molar refractivity (Wildman–Crippen MR) is 122 cm³/mol. The Balaban J connectivity index is 1.50. The van der Waals surface area contributed by atoms with Crippen LogP contribution in [-0.2, 0) is 20.2 Å². The molecule has 1 heterocycles. The van der Waals surface area contributed by atoms with Crippen LogP contribution in [0.1, 0.15) is 17.5 Å². The average molecular weight is 531 g/mol. The number of nitrogens with zero attached hydrogens (tertiary/aromatic N) is 4. The van der Waals surface area contributed by atoms with E-state index in [4.69, 9.17) is 21.1 Å². The molecule has 0 aliphatic heterocycles. The minimum atomic E-state index is -0.381. The van der Waals surface area contributed by atoms with Crippen molar-refractivity contribution in [2.75, 3.05) is 19.4 Å². The second-order valence-electron chi connectivity index (χ2n) is 6.60. The number of aryl methyl sites for hydroxylation is 1. The van der Waals surface area contributed by atoms with Gasteiger partial charge in [-0.1, -0.05) is 29.4 Å². The summed E-state index contributed by atoms with van der Waals surface area (Å²) in [7, 11) is 3.42. The molecule has 31 heavy (non-hydrogen) atoms. The lowest BCUT2D eigenvalue weighted by Gasteiger charge is -2.15. The molecule has 3 aromatic rings. The highest BCUT2D eigenvalue weighted by atomic mass is 79.9. The van der Waals surface area contributed by atoms with Gasteiger partial charge in [-0.3, -0.25) is 0 Å². The van der Waals surface area contributed by atoms with Crippen LogP contribution in [0.4, 0.5) is 4.39 Å². The van der Waals surface area contributed by atoms with E-state index in [9.17, 15) is 4.39 Å². The Morgan fingerprint density at radius 3 is 2.84 bits per heavy atom. The lowest BCUT2D eigenvalue weighted by Crippen LogP contribution is -2.15. The molecule has 0 unspecified atom stereocenters. The van der Waals surface area contributed by atoms with Crippen molar-refractivity contribution in [2.45, 2.75) is 24.7 Å². The number of methoxy groups -OCH3 is 1. The number of thioether (sulfide) groups is 1. The first kappa shape index (κ1) is 23.8. The number of nitrogens with one attached hydrogen (secondary N) is 1. The molecule has 0 atom stereocenters. The van der Waals surface area contributed by atoms with E-state index in [0.717, 1.165) is 33.9 Å². The second-order valence-corrected chi connectivity index (χ2v) is 8.92. The van der Waals surface area contributed by atoms with Crippen LogP contribution < -0.4 is 14.8 Å². The second kappa shape index (κ2) is 11.7. The maximum absolute atomic E-state index is 13.2. The zero-order chi connectivity index (χ0) is 22.2. The summed E-state index contributed by atoms with van der Waals surface area (Å²) >= 11 is 11.3. The number of halogens is 3. The van der Waals surface area contributed by atoms with Gasteiger partial charge in [-0.15, -0.1) is 5.10 Å². The van der Waals surface area contributed by atoms with E-state index in [-0.39, 0.29) is 12.4 Å². The molecule has 166 valence electrons. The van der Waals surface area contributed by atoms with E-state index in [2.05, 4.69) is 36.8 Å². The monoisotopic (exact) mass is 529 g/mol. The molecule has 0 radical (unpaired) electrons. The smallest absolute Gasteiger partial charge is 0.209 e. The summed E-state index contributed by atoms with van der Waals surface area (Å²) in [5, 5.41) is 15.9. The topological polar surface area (TPSA) is 74.1 Å². The van der Waals surface area contributed by atoms with Crippen molar-refractivity contribution in [3.63, 3.8) is 0 Å². The maximum Gasteiger partial charge on any atom is 0.209 e. The molecule has 1 N–H and O–H groups in total. The van der Waals surface area contributed by atoms with Crippen LogP contribution in [-0.4, -0.2) is 39.6 Å².